The maximum atomic E-state index is 12.1. The molecule has 0 radical (unpaired) electrons. The van der Waals surface area contributed by atoms with E-state index in [1.807, 2.05) is 31.2 Å². The van der Waals surface area contributed by atoms with Crippen LogP contribution in [0.5, 0.6) is 11.5 Å². The third-order valence-corrected chi connectivity index (χ3v) is 6.88. The molecule has 5 heteroatoms. The first-order valence-electron chi connectivity index (χ1n) is 13.4. The second-order valence-electron chi connectivity index (χ2n) is 11.5. The summed E-state index contributed by atoms with van der Waals surface area (Å²) < 4.78 is 22.8. The highest BCUT2D eigenvalue weighted by Crippen LogP contribution is 2.37. The van der Waals surface area contributed by atoms with E-state index in [2.05, 4.69) is 71.0 Å². The highest BCUT2D eigenvalue weighted by Gasteiger charge is 2.42. The van der Waals surface area contributed by atoms with E-state index in [9.17, 15) is 4.79 Å². The summed E-state index contributed by atoms with van der Waals surface area (Å²) in [5.41, 5.74) is 6.80. The van der Waals surface area contributed by atoms with Crippen molar-refractivity contribution in [1.82, 2.24) is 0 Å². The number of benzene rings is 3. The van der Waals surface area contributed by atoms with Crippen molar-refractivity contribution in [3.05, 3.63) is 82.9 Å². The molecule has 0 spiro atoms. The van der Waals surface area contributed by atoms with Crippen LogP contribution >= 0.6 is 0 Å². The van der Waals surface area contributed by atoms with E-state index in [0.29, 0.717) is 39.5 Å². The number of rotatable bonds is 10. The normalized spacial score (nSPS) is 14.5. The maximum absolute atomic E-state index is 12.1. The van der Waals surface area contributed by atoms with Gasteiger partial charge in [-0.05, 0) is 89.9 Å². The first-order valence-corrected chi connectivity index (χ1v) is 13.4. The lowest BCUT2D eigenvalue weighted by Crippen LogP contribution is -2.48. The fourth-order valence-corrected chi connectivity index (χ4v) is 4.66. The highest BCUT2D eigenvalue weighted by molar-refractivity contribution is 5.72. The largest absolute Gasteiger partial charge is 0.493 e. The Hall–Kier alpha value is -3.31. The first kappa shape index (κ1) is 27.7. The van der Waals surface area contributed by atoms with E-state index in [-0.39, 0.29) is 16.8 Å². The van der Waals surface area contributed by atoms with Gasteiger partial charge in [0.05, 0.1) is 38.3 Å². The van der Waals surface area contributed by atoms with Crippen LogP contribution in [0.4, 0.5) is 0 Å². The molecule has 1 saturated heterocycles. The quantitative estimate of drug-likeness (QED) is 0.267. The summed E-state index contributed by atoms with van der Waals surface area (Å²) in [6.07, 6.45) is 0.330. The summed E-state index contributed by atoms with van der Waals surface area (Å²) in [5.74, 6) is 1.51. The number of aryl methyl sites for hydroxylation is 2. The fourth-order valence-electron chi connectivity index (χ4n) is 4.66. The number of esters is 1. The van der Waals surface area contributed by atoms with Gasteiger partial charge in [-0.1, -0.05) is 51.1 Å². The summed E-state index contributed by atoms with van der Waals surface area (Å²) in [5, 5.41) is 0. The van der Waals surface area contributed by atoms with Crippen molar-refractivity contribution in [2.45, 2.75) is 60.0 Å². The van der Waals surface area contributed by atoms with E-state index in [0.717, 1.165) is 22.6 Å². The zero-order valence-corrected chi connectivity index (χ0v) is 23.6. The van der Waals surface area contributed by atoms with Crippen LogP contribution in [0.25, 0.3) is 11.1 Å². The van der Waals surface area contributed by atoms with Gasteiger partial charge in [-0.2, -0.15) is 0 Å². The Morgan fingerprint density at radius 1 is 0.868 bits per heavy atom. The molecular formula is C33H40O5. The van der Waals surface area contributed by atoms with Crippen LogP contribution in [0, 0.1) is 19.3 Å². The Bertz CT molecular complexity index is 1250. The topological polar surface area (TPSA) is 54.0 Å². The van der Waals surface area contributed by atoms with Crippen LogP contribution in [-0.4, -0.2) is 32.4 Å². The number of ether oxygens (including phenoxy) is 4. The fraction of sp³-hybridized carbons (Fsp3) is 0.424. The van der Waals surface area contributed by atoms with E-state index < -0.39 is 0 Å². The molecule has 1 heterocycles. The zero-order valence-electron chi connectivity index (χ0n) is 23.6. The van der Waals surface area contributed by atoms with Crippen molar-refractivity contribution in [3.63, 3.8) is 0 Å². The monoisotopic (exact) mass is 516 g/mol. The molecule has 1 fully saturated rings. The minimum atomic E-state index is -0.304. The van der Waals surface area contributed by atoms with Gasteiger partial charge in [0, 0.05) is 0 Å². The van der Waals surface area contributed by atoms with Gasteiger partial charge < -0.3 is 18.9 Å². The van der Waals surface area contributed by atoms with Crippen LogP contribution in [0.1, 0.15) is 56.4 Å². The summed E-state index contributed by atoms with van der Waals surface area (Å²) in [6, 6.07) is 20.8. The lowest BCUT2D eigenvalue weighted by atomic mass is 9.76. The Kier molecular flexibility index (Phi) is 8.47. The molecule has 5 nitrogen and oxygen atoms in total. The Balaban J connectivity index is 1.43. The Labute approximate surface area is 227 Å². The molecule has 0 amide bonds. The molecule has 0 atom stereocenters. The maximum Gasteiger partial charge on any atom is 0.306 e. The molecular weight excluding hydrogens is 476 g/mol. The number of hydrogen-bond acceptors (Lipinski definition) is 5. The Morgan fingerprint density at radius 2 is 1.58 bits per heavy atom. The minimum absolute atomic E-state index is 0.119. The molecule has 3 aromatic carbocycles. The van der Waals surface area contributed by atoms with E-state index in [1.165, 1.54) is 22.3 Å². The second-order valence-corrected chi connectivity index (χ2v) is 11.5. The highest BCUT2D eigenvalue weighted by atomic mass is 16.5. The lowest BCUT2D eigenvalue weighted by Gasteiger charge is -2.41. The summed E-state index contributed by atoms with van der Waals surface area (Å²) in [6.45, 7) is 15.2. The molecule has 202 valence electrons. The van der Waals surface area contributed by atoms with Gasteiger partial charge in [0.15, 0.2) is 0 Å². The smallest absolute Gasteiger partial charge is 0.306 e. The van der Waals surface area contributed by atoms with Gasteiger partial charge in [0.1, 0.15) is 18.1 Å². The standard InChI is InChI=1S/C33H40O5/c1-7-36-31(34)18-33(21-35-22-33)26-10-12-27(13-11-26)37-19-25-9-8-23(2)30(17-25)29-15-14-28(16-24(29)3)38-20-32(4,5)6/h8-17H,7,18-22H2,1-6H3. The van der Waals surface area contributed by atoms with Crippen molar-refractivity contribution in [1.29, 1.82) is 0 Å². The van der Waals surface area contributed by atoms with E-state index in [1.54, 1.807) is 0 Å². The van der Waals surface area contributed by atoms with Gasteiger partial charge in [-0.15, -0.1) is 0 Å². The molecule has 0 saturated carbocycles. The molecule has 0 unspecified atom stereocenters. The minimum Gasteiger partial charge on any atom is -0.493 e. The summed E-state index contributed by atoms with van der Waals surface area (Å²) in [4.78, 5) is 12.1. The SMILES string of the molecule is CCOC(=O)CC1(c2ccc(OCc3ccc(C)c(-c4ccc(OCC(C)(C)C)cc4C)c3)cc2)COC1. The molecule has 1 aliphatic rings. The average Bonchev–Trinajstić information content (AvgIpc) is 2.85. The molecule has 38 heavy (non-hydrogen) atoms. The van der Waals surface area contributed by atoms with Gasteiger partial charge in [-0.3, -0.25) is 4.79 Å². The van der Waals surface area contributed by atoms with Crippen molar-refractivity contribution in [2.75, 3.05) is 26.4 Å². The van der Waals surface area contributed by atoms with Gasteiger partial charge in [0.25, 0.3) is 0 Å². The van der Waals surface area contributed by atoms with Crippen molar-refractivity contribution < 1.29 is 23.7 Å². The van der Waals surface area contributed by atoms with Gasteiger partial charge in [0.2, 0.25) is 0 Å². The van der Waals surface area contributed by atoms with Crippen LogP contribution in [0.15, 0.2) is 60.7 Å². The van der Waals surface area contributed by atoms with Crippen molar-refractivity contribution in [3.8, 4) is 22.6 Å². The zero-order chi connectivity index (χ0) is 27.3. The van der Waals surface area contributed by atoms with Crippen LogP contribution in [0.2, 0.25) is 0 Å². The third kappa shape index (κ3) is 6.76. The van der Waals surface area contributed by atoms with Crippen LogP contribution < -0.4 is 9.47 Å². The number of hydrogen-bond donors (Lipinski definition) is 0. The predicted octanol–water partition coefficient (Wildman–Crippen LogP) is 7.20. The molecule has 3 aromatic rings. The van der Waals surface area contributed by atoms with Crippen LogP contribution in [0.3, 0.4) is 0 Å². The van der Waals surface area contributed by atoms with Gasteiger partial charge >= 0.3 is 5.97 Å². The predicted molar refractivity (Wildman–Crippen MR) is 151 cm³/mol. The first-order chi connectivity index (χ1) is 18.1. The molecule has 1 aliphatic heterocycles. The molecule has 0 aromatic heterocycles. The second kappa shape index (κ2) is 11.6. The van der Waals surface area contributed by atoms with Crippen LogP contribution in [-0.2, 0) is 26.3 Å². The Morgan fingerprint density at radius 3 is 2.18 bits per heavy atom. The van der Waals surface area contributed by atoms with E-state index in [4.69, 9.17) is 18.9 Å². The molecule has 0 aliphatic carbocycles. The number of carbonyl (C=O) groups excluding carboxylic acids is 1. The summed E-state index contributed by atoms with van der Waals surface area (Å²) >= 11 is 0. The molecule has 4 rings (SSSR count). The summed E-state index contributed by atoms with van der Waals surface area (Å²) in [7, 11) is 0. The lowest BCUT2D eigenvalue weighted by molar-refractivity contribution is -0.151. The van der Waals surface area contributed by atoms with E-state index >= 15 is 0 Å². The third-order valence-electron chi connectivity index (χ3n) is 6.88. The molecule has 0 N–H and O–H groups in total. The van der Waals surface area contributed by atoms with Crippen molar-refractivity contribution in [2.24, 2.45) is 5.41 Å². The van der Waals surface area contributed by atoms with Gasteiger partial charge in [-0.25, -0.2) is 0 Å². The van der Waals surface area contributed by atoms with Crippen molar-refractivity contribution >= 4 is 5.97 Å². The number of carbonyl (C=O) groups is 1. The molecule has 0 bridgehead atoms. The average molecular weight is 517 g/mol.